The van der Waals surface area contributed by atoms with Crippen LogP contribution in [0.15, 0.2) is 20.0 Å². The number of rotatable bonds is 7. The van der Waals surface area contributed by atoms with Crippen LogP contribution in [-0.2, 0) is 16.6 Å². The molecule has 0 spiro atoms. The molecule has 1 aromatic rings. The van der Waals surface area contributed by atoms with Gasteiger partial charge >= 0.3 is 0 Å². The number of furan rings is 1. The highest BCUT2D eigenvalue weighted by Gasteiger charge is 2.34. The molecular formula is C14H23BrN2O3S. The third-order valence-electron chi connectivity index (χ3n) is 4.40. The van der Waals surface area contributed by atoms with Crippen LogP contribution in [0, 0.1) is 5.41 Å². The van der Waals surface area contributed by atoms with Gasteiger partial charge in [0.25, 0.3) is 0 Å². The molecule has 1 fully saturated rings. The van der Waals surface area contributed by atoms with Crippen molar-refractivity contribution in [1.82, 2.24) is 10.0 Å². The van der Waals surface area contributed by atoms with Crippen LogP contribution in [0.2, 0.25) is 0 Å². The summed E-state index contributed by atoms with van der Waals surface area (Å²) in [6, 6.07) is 1.57. The van der Waals surface area contributed by atoms with Crippen molar-refractivity contribution in [3.63, 3.8) is 0 Å². The molecule has 0 radical (unpaired) electrons. The van der Waals surface area contributed by atoms with E-state index in [9.17, 15) is 8.42 Å². The Morgan fingerprint density at radius 1 is 1.38 bits per heavy atom. The number of sulfonamides is 1. The molecule has 2 rings (SSSR count). The molecule has 120 valence electrons. The van der Waals surface area contributed by atoms with Gasteiger partial charge in [-0.2, -0.15) is 0 Å². The van der Waals surface area contributed by atoms with Crippen molar-refractivity contribution in [3.05, 3.63) is 16.5 Å². The second kappa shape index (κ2) is 6.81. The average molecular weight is 379 g/mol. The first-order valence-corrected chi connectivity index (χ1v) is 9.62. The minimum absolute atomic E-state index is 0.122. The minimum atomic E-state index is -3.54. The van der Waals surface area contributed by atoms with Gasteiger partial charge in [-0.05, 0) is 47.7 Å². The van der Waals surface area contributed by atoms with E-state index < -0.39 is 10.0 Å². The first-order valence-electron chi connectivity index (χ1n) is 7.35. The fourth-order valence-electron chi connectivity index (χ4n) is 2.95. The van der Waals surface area contributed by atoms with Crippen LogP contribution in [0.3, 0.4) is 0 Å². The molecule has 0 atom stereocenters. The highest BCUT2D eigenvalue weighted by molar-refractivity contribution is 9.10. The molecule has 0 aromatic carbocycles. The Labute approximate surface area is 135 Å². The van der Waals surface area contributed by atoms with E-state index in [1.807, 2.05) is 0 Å². The highest BCUT2D eigenvalue weighted by Crippen LogP contribution is 2.40. The molecule has 0 saturated heterocycles. The molecule has 1 saturated carbocycles. The van der Waals surface area contributed by atoms with Crippen LogP contribution in [-0.4, -0.2) is 22.0 Å². The Hall–Kier alpha value is -0.370. The summed E-state index contributed by atoms with van der Waals surface area (Å²) >= 11 is 3.19. The summed E-state index contributed by atoms with van der Waals surface area (Å²) in [6.45, 7) is 3.14. The Balaban J connectivity index is 2.11. The standard InChI is InChI=1S/C14H23BrN2O3S/c1-3-14(6-4-5-7-14)10-17-21(18,19)12-8-11(9-16-2)20-13(12)15/h8,16-17H,3-7,9-10H2,1-2H3. The van der Waals surface area contributed by atoms with Crippen molar-refractivity contribution >= 4 is 26.0 Å². The van der Waals surface area contributed by atoms with Crippen LogP contribution in [0.25, 0.3) is 0 Å². The first kappa shape index (κ1) is 17.0. The zero-order valence-electron chi connectivity index (χ0n) is 12.5. The number of hydrogen-bond donors (Lipinski definition) is 2. The Bertz CT molecular complexity index is 577. The predicted molar refractivity (Wildman–Crippen MR) is 85.6 cm³/mol. The molecule has 0 aliphatic heterocycles. The van der Waals surface area contributed by atoms with Gasteiger partial charge in [-0.1, -0.05) is 19.8 Å². The van der Waals surface area contributed by atoms with Gasteiger partial charge in [0.1, 0.15) is 10.7 Å². The molecular weight excluding hydrogens is 356 g/mol. The van der Waals surface area contributed by atoms with Crippen molar-refractivity contribution in [2.75, 3.05) is 13.6 Å². The van der Waals surface area contributed by atoms with Crippen LogP contribution in [0.1, 0.15) is 44.8 Å². The molecule has 1 aliphatic rings. The van der Waals surface area contributed by atoms with E-state index in [-0.39, 0.29) is 15.0 Å². The van der Waals surface area contributed by atoms with E-state index in [0.717, 1.165) is 19.3 Å². The Morgan fingerprint density at radius 2 is 2.05 bits per heavy atom. The smallest absolute Gasteiger partial charge is 0.244 e. The van der Waals surface area contributed by atoms with Crippen molar-refractivity contribution in [1.29, 1.82) is 0 Å². The van der Waals surface area contributed by atoms with E-state index in [2.05, 4.69) is 32.9 Å². The zero-order valence-corrected chi connectivity index (χ0v) is 14.9. The maximum atomic E-state index is 12.5. The molecule has 1 aliphatic carbocycles. The molecule has 2 N–H and O–H groups in total. The molecule has 7 heteroatoms. The maximum absolute atomic E-state index is 12.5. The fourth-order valence-corrected chi connectivity index (χ4v) is 5.10. The summed E-state index contributed by atoms with van der Waals surface area (Å²) in [4.78, 5) is 0.178. The maximum Gasteiger partial charge on any atom is 0.244 e. The summed E-state index contributed by atoms with van der Waals surface area (Å²) in [6.07, 6.45) is 5.59. The number of halogens is 1. The van der Waals surface area contributed by atoms with Crippen molar-refractivity contribution < 1.29 is 12.8 Å². The normalized spacial score (nSPS) is 18.2. The van der Waals surface area contributed by atoms with Crippen LogP contribution < -0.4 is 10.0 Å². The Kier molecular flexibility index (Phi) is 5.51. The third-order valence-corrected chi connectivity index (χ3v) is 6.66. The summed E-state index contributed by atoms with van der Waals surface area (Å²) in [5.74, 6) is 0.593. The van der Waals surface area contributed by atoms with Crippen LogP contribution >= 0.6 is 15.9 Å². The van der Waals surface area contributed by atoms with Gasteiger partial charge in [-0.3, -0.25) is 0 Å². The average Bonchev–Trinajstić information content (AvgIpc) is 3.05. The van der Waals surface area contributed by atoms with Gasteiger partial charge in [0.15, 0.2) is 4.67 Å². The number of nitrogens with one attached hydrogen (secondary N) is 2. The molecule has 21 heavy (non-hydrogen) atoms. The van der Waals surface area contributed by atoms with E-state index in [0.29, 0.717) is 18.8 Å². The molecule has 0 bridgehead atoms. The van der Waals surface area contributed by atoms with Gasteiger partial charge in [0, 0.05) is 12.6 Å². The zero-order chi connectivity index (χ0) is 15.5. The van der Waals surface area contributed by atoms with Crippen LogP contribution in [0.5, 0.6) is 0 Å². The molecule has 5 nitrogen and oxygen atoms in total. The lowest BCUT2D eigenvalue weighted by Crippen LogP contribution is -2.35. The van der Waals surface area contributed by atoms with Gasteiger partial charge in [0.05, 0.1) is 6.54 Å². The van der Waals surface area contributed by atoms with Crippen molar-refractivity contribution in [2.45, 2.75) is 50.5 Å². The lowest BCUT2D eigenvalue weighted by molar-refractivity contribution is 0.285. The summed E-state index contributed by atoms with van der Waals surface area (Å²) < 4.78 is 33.4. The summed E-state index contributed by atoms with van der Waals surface area (Å²) in [5, 5.41) is 2.94. The fraction of sp³-hybridized carbons (Fsp3) is 0.714. The first-order chi connectivity index (χ1) is 9.92. The number of hydrogen-bond acceptors (Lipinski definition) is 4. The molecule has 1 aromatic heterocycles. The van der Waals surface area contributed by atoms with Crippen LogP contribution in [0.4, 0.5) is 0 Å². The van der Waals surface area contributed by atoms with Gasteiger partial charge in [-0.25, -0.2) is 13.1 Å². The monoisotopic (exact) mass is 378 g/mol. The molecule has 0 amide bonds. The van der Waals surface area contributed by atoms with E-state index in [1.54, 1.807) is 13.1 Å². The van der Waals surface area contributed by atoms with Gasteiger partial charge < -0.3 is 9.73 Å². The van der Waals surface area contributed by atoms with E-state index >= 15 is 0 Å². The largest absolute Gasteiger partial charge is 0.452 e. The molecule has 0 unspecified atom stereocenters. The van der Waals surface area contributed by atoms with E-state index in [4.69, 9.17) is 4.42 Å². The quantitative estimate of drug-likeness (QED) is 0.764. The topological polar surface area (TPSA) is 71.3 Å². The second-order valence-corrected chi connectivity index (χ2v) is 8.22. The summed E-state index contributed by atoms with van der Waals surface area (Å²) in [5.41, 5.74) is 0.122. The second-order valence-electron chi connectivity index (χ2n) is 5.77. The van der Waals surface area contributed by atoms with Gasteiger partial charge in [0.2, 0.25) is 10.0 Å². The SMILES string of the molecule is CCC1(CNS(=O)(=O)c2cc(CNC)oc2Br)CCCC1. The highest BCUT2D eigenvalue weighted by atomic mass is 79.9. The Morgan fingerprint density at radius 3 is 2.62 bits per heavy atom. The lowest BCUT2D eigenvalue weighted by Gasteiger charge is -2.27. The lowest BCUT2D eigenvalue weighted by atomic mass is 9.84. The van der Waals surface area contributed by atoms with Crippen molar-refractivity contribution in [3.8, 4) is 0 Å². The van der Waals surface area contributed by atoms with Crippen molar-refractivity contribution in [2.24, 2.45) is 5.41 Å². The third kappa shape index (κ3) is 3.88. The minimum Gasteiger partial charge on any atom is -0.452 e. The predicted octanol–water partition coefficient (Wildman–Crippen LogP) is 3.01. The summed E-state index contributed by atoms with van der Waals surface area (Å²) in [7, 11) is -1.76. The van der Waals surface area contributed by atoms with Gasteiger partial charge in [-0.15, -0.1) is 0 Å². The molecule has 1 heterocycles. The van der Waals surface area contributed by atoms with E-state index in [1.165, 1.54) is 12.8 Å².